The lowest BCUT2D eigenvalue weighted by Gasteiger charge is -2.26. The Morgan fingerprint density at radius 3 is 2.69 bits per heavy atom. The lowest BCUT2D eigenvalue weighted by molar-refractivity contribution is -0.131. The van der Waals surface area contributed by atoms with Crippen LogP contribution in [0.15, 0.2) is 0 Å². The van der Waals surface area contributed by atoms with Gasteiger partial charge in [-0.15, -0.1) is 6.42 Å². The van der Waals surface area contributed by atoms with E-state index in [0.29, 0.717) is 13.1 Å². The number of terminal acetylenes is 1. The van der Waals surface area contributed by atoms with Gasteiger partial charge in [0.05, 0.1) is 13.1 Å². The third kappa shape index (κ3) is 3.47. The number of nitrogens with one attached hydrogen (secondary N) is 1. The predicted octanol–water partition coefficient (Wildman–Crippen LogP) is 0.222. The van der Waals surface area contributed by atoms with Gasteiger partial charge in [0, 0.05) is 13.1 Å². The van der Waals surface area contributed by atoms with Crippen LogP contribution in [0.4, 0.5) is 0 Å². The average Bonchev–Trinajstić information content (AvgIpc) is 2.19. The van der Waals surface area contributed by atoms with Gasteiger partial charge >= 0.3 is 0 Å². The summed E-state index contributed by atoms with van der Waals surface area (Å²) in [5.74, 6) is 2.62. The van der Waals surface area contributed by atoms with Crippen molar-refractivity contribution in [2.45, 2.75) is 19.3 Å². The van der Waals surface area contributed by atoms with Gasteiger partial charge in [0.25, 0.3) is 0 Å². The first-order valence-electron chi connectivity index (χ1n) is 4.76. The Balaban J connectivity index is 2.18. The Hall–Kier alpha value is -1.01. The highest BCUT2D eigenvalue weighted by Crippen LogP contribution is 2.07. The second-order valence-electron chi connectivity index (χ2n) is 3.25. The Bertz CT molecular complexity index is 201. The molecular weight excluding hydrogens is 164 g/mol. The molecule has 0 radical (unpaired) electrons. The second kappa shape index (κ2) is 5.60. The highest BCUT2D eigenvalue weighted by molar-refractivity contribution is 5.78. The SMILES string of the molecule is C#CCNCC(=O)N1CCCCC1. The molecule has 0 bridgehead atoms. The van der Waals surface area contributed by atoms with Crippen LogP contribution in [-0.4, -0.2) is 37.0 Å². The van der Waals surface area contributed by atoms with Crippen molar-refractivity contribution in [3.63, 3.8) is 0 Å². The summed E-state index contributed by atoms with van der Waals surface area (Å²) in [5.41, 5.74) is 0. The first kappa shape index (κ1) is 10.1. The van der Waals surface area contributed by atoms with Gasteiger partial charge in [-0.1, -0.05) is 5.92 Å². The van der Waals surface area contributed by atoms with Gasteiger partial charge in [-0.25, -0.2) is 0 Å². The first-order chi connectivity index (χ1) is 6.34. The predicted molar refractivity (Wildman–Crippen MR) is 52.1 cm³/mol. The van der Waals surface area contributed by atoms with Crippen LogP contribution in [0.25, 0.3) is 0 Å². The standard InChI is InChI=1S/C10H16N2O/c1-2-6-11-9-10(13)12-7-4-3-5-8-12/h1,11H,3-9H2. The van der Waals surface area contributed by atoms with E-state index in [2.05, 4.69) is 11.2 Å². The molecule has 13 heavy (non-hydrogen) atoms. The van der Waals surface area contributed by atoms with Crippen molar-refractivity contribution in [2.24, 2.45) is 0 Å². The van der Waals surface area contributed by atoms with Gasteiger partial charge in [0.15, 0.2) is 0 Å². The van der Waals surface area contributed by atoms with E-state index in [1.807, 2.05) is 4.90 Å². The number of hydrogen-bond acceptors (Lipinski definition) is 2. The topological polar surface area (TPSA) is 32.3 Å². The number of likely N-dealkylation sites (tertiary alicyclic amines) is 1. The minimum absolute atomic E-state index is 0.176. The Morgan fingerprint density at radius 1 is 1.38 bits per heavy atom. The number of nitrogens with zero attached hydrogens (tertiary/aromatic N) is 1. The molecule has 1 amide bonds. The quantitative estimate of drug-likeness (QED) is 0.498. The fraction of sp³-hybridized carbons (Fsp3) is 0.700. The van der Waals surface area contributed by atoms with Crippen molar-refractivity contribution in [3.05, 3.63) is 0 Å². The number of carbonyl (C=O) groups is 1. The maximum atomic E-state index is 11.5. The van der Waals surface area contributed by atoms with Crippen LogP contribution < -0.4 is 5.32 Å². The number of rotatable bonds is 3. The van der Waals surface area contributed by atoms with Crippen molar-refractivity contribution in [1.82, 2.24) is 10.2 Å². The van der Waals surface area contributed by atoms with Gasteiger partial charge in [-0.2, -0.15) is 0 Å². The zero-order valence-electron chi connectivity index (χ0n) is 7.88. The zero-order valence-corrected chi connectivity index (χ0v) is 7.88. The highest BCUT2D eigenvalue weighted by Gasteiger charge is 2.14. The fourth-order valence-corrected chi connectivity index (χ4v) is 1.50. The van der Waals surface area contributed by atoms with Gasteiger partial charge in [-0.3, -0.25) is 10.1 Å². The molecule has 0 saturated carbocycles. The smallest absolute Gasteiger partial charge is 0.236 e. The van der Waals surface area contributed by atoms with Crippen LogP contribution in [0.3, 0.4) is 0 Å². The van der Waals surface area contributed by atoms with Crippen molar-refractivity contribution in [1.29, 1.82) is 0 Å². The Labute approximate surface area is 79.5 Å². The molecule has 0 spiro atoms. The summed E-state index contributed by atoms with van der Waals surface area (Å²) in [7, 11) is 0. The number of hydrogen-bond donors (Lipinski definition) is 1. The van der Waals surface area contributed by atoms with Crippen molar-refractivity contribution in [3.8, 4) is 12.3 Å². The Kier molecular flexibility index (Phi) is 4.34. The number of piperidine rings is 1. The molecule has 1 N–H and O–H groups in total. The molecule has 1 aliphatic rings. The van der Waals surface area contributed by atoms with Gasteiger partial charge in [0.2, 0.25) is 5.91 Å². The van der Waals surface area contributed by atoms with Crippen LogP contribution in [0.1, 0.15) is 19.3 Å². The monoisotopic (exact) mass is 180 g/mol. The van der Waals surface area contributed by atoms with E-state index in [9.17, 15) is 4.79 Å². The molecule has 1 heterocycles. The molecule has 0 unspecified atom stereocenters. The van der Waals surface area contributed by atoms with Crippen molar-refractivity contribution in [2.75, 3.05) is 26.2 Å². The third-order valence-corrected chi connectivity index (χ3v) is 2.21. The molecule has 1 saturated heterocycles. The largest absolute Gasteiger partial charge is 0.342 e. The summed E-state index contributed by atoms with van der Waals surface area (Å²) in [5, 5.41) is 2.90. The minimum Gasteiger partial charge on any atom is -0.342 e. The molecule has 3 heteroatoms. The van der Waals surface area contributed by atoms with E-state index in [1.165, 1.54) is 6.42 Å². The summed E-state index contributed by atoms with van der Waals surface area (Å²) in [6.07, 6.45) is 8.59. The number of amides is 1. The van der Waals surface area contributed by atoms with E-state index in [1.54, 1.807) is 0 Å². The minimum atomic E-state index is 0.176. The maximum absolute atomic E-state index is 11.5. The Morgan fingerprint density at radius 2 is 2.08 bits per heavy atom. The summed E-state index contributed by atoms with van der Waals surface area (Å²) in [6, 6.07) is 0. The summed E-state index contributed by atoms with van der Waals surface area (Å²) in [4.78, 5) is 13.4. The molecule has 1 rings (SSSR count). The van der Waals surface area contributed by atoms with Crippen molar-refractivity contribution < 1.29 is 4.79 Å². The molecule has 0 aromatic heterocycles. The van der Waals surface area contributed by atoms with E-state index in [0.717, 1.165) is 25.9 Å². The van der Waals surface area contributed by atoms with E-state index in [-0.39, 0.29) is 5.91 Å². The van der Waals surface area contributed by atoms with Gasteiger partial charge in [-0.05, 0) is 19.3 Å². The molecular formula is C10H16N2O. The maximum Gasteiger partial charge on any atom is 0.236 e. The van der Waals surface area contributed by atoms with Crippen LogP contribution in [0, 0.1) is 12.3 Å². The first-order valence-corrected chi connectivity index (χ1v) is 4.76. The summed E-state index contributed by atoms with van der Waals surface area (Å²) < 4.78 is 0. The lowest BCUT2D eigenvalue weighted by atomic mass is 10.1. The fourth-order valence-electron chi connectivity index (χ4n) is 1.50. The van der Waals surface area contributed by atoms with Crippen LogP contribution in [0.5, 0.6) is 0 Å². The van der Waals surface area contributed by atoms with Crippen LogP contribution in [-0.2, 0) is 4.79 Å². The van der Waals surface area contributed by atoms with Crippen molar-refractivity contribution >= 4 is 5.91 Å². The molecule has 0 aliphatic carbocycles. The molecule has 1 fully saturated rings. The average molecular weight is 180 g/mol. The zero-order chi connectivity index (χ0) is 9.52. The highest BCUT2D eigenvalue weighted by atomic mass is 16.2. The lowest BCUT2D eigenvalue weighted by Crippen LogP contribution is -2.41. The summed E-state index contributed by atoms with van der Waals surface area (Å²) >= 11 is 0. The normalized spacial score (nSPS) is 16.7. The van der Waals surface area contributed by atoms with E-state index < -0.39 is 0 Å². The summed E-state index contributed by atoms with van der Waals surface area (Å²) in [6.45, 7) is 2.68. The molecule has 3 nitrogen and oxygen atoms in total. The molecule has 1 aliphatic heterocycles. The van der Waals surface area contributed by atoms with E-state index >= 15 is 0 Å². The van der Waals surface area contributed by atoms with Gasteiger partial charge in [0.1, 0.15) is 0 Å². The second-order valence-corrected chi connectivity index (χ2v) is 3.25. The molecule has 0 atom stereocenters. The van der Waals surface area contributed by atoms with Crippen LogP contribution in [0.2, 0.25) is 0 Å². The third-order valence-electron chi connectivity index (χ3n) is 2.21. The van der Waals surface area contributed by atoms with Gasteiger partial charge < -0.3 is 4.90 Å². The molecule has 0 aromatic rings. The van der Waals surface area contributed by atoms with Crippen LogP contribution >= 0.6 is 0 Å². The van der Waals surface area contributed by atoms with E-state index in [4.69, 9.17) is 6.42 Å². The number of carbonyl (C=O) groups excluding carboxylic acids is 1. The molecule has 0 aromatic carbocycles. The molecule has 72 valence electrons.